The number of hydrogen-bond acceptors (Lipinski definition) is 4. The predicted octanol–water partition coefficient (Wildman–Crippen LogP) is 2.32. The predicted molar refractivity (Wildman–Crippen MR) is 122 cm³/mol. The van der Waals surface area contributed by atoms with Gasteiger partial charge in [0.25, 0.3) is 5.91 Å². The summed E-state index contributed by atoms with van der Waals surface area (Å²) >= 11 is 0. The van der Waals surface area contributed by atoms with Gasteiger partial charge in [0.05, 0.1) is 6.42 Å². The zero-order chi connectivity index (χ0) is 22.3. The van der Waals surface area contributed by atoms with Gasteiger partial charge in [0.15, 0.2) is 0 Å². The van der Waals surface area contributed by atoms with E-state index in [4.69, 9.17) is 0 Å². The number of rotatable bonds is 8. The van der Waals surface area contributed by atoms with Crippen LogP contribution in [0.15, 0.2) is 60.7 Å². The lowest BCUT2D eigenvalue weighted by Gasteiger charge is -2.32. The molecule has 2 saturated heterocycles. The van der Waals surface area contributed by atoms with E-state index < -0.39 is 12.1 Å². The number of urea groups is 1. The molecule has 2 aromatic carbocycles. The molecular weight excluding hydrogens is 404 g/mol. The van der Waals surface area contributed by atoms with Gasteiger partial charge >= 0.3 is 6.03 Å². The van der Waals surface area contributed by atoms with Gasteiger partial charge in [-0.3, -0.25) is 19.4 Å². The Morgan fingerprint density at radius 2 is 1.56 bits per heavy atom. The molecule has 0 aromatic heterocycles. The quantitative estimate of drug-likeness (QED) is 0.625. The second kappa shape index (κ2) is 10.4. The summed E-state index contributed by atoms with van der Waals surface area (Å²) in [6, 6.07) is 19.0. The lowest BCUT2D eigenvalue weighted by atomic mass is 10.0. The number of nitrogens with zero attached hydrogens (tertiary/aromatic N) is 2. The fourth-order valence-corrected chi connectivity index (χ4v) is 4.36. The zero-order valence-corrected chi connectivity index (χ0v) is 18.2. The van der Waals surface area contributed by atoms with Crippen LogP contribution in [0.4, 0.5) is 4.79 Å². The van der Waals surface area contributed by atoms with Crippen molar-refractivity contribution in [3.8, 4) is 0 Å². The Morgan fingerprint density at radius 3 is 2.22 bits per heavy atom. The van der Waals surface area contributed by atoms with Crippen LogP contribution in [-0.2, 0) is 22.6 Å². The molecule has 4 amide bonds. The van der Waals surface area contributed by atoms with Crippen molar-refractivity contribution in [1.29, 1.82) is 0 Å². The van der Waals surface area contributed by atoms with Gasteiger partial charge in [-0.25, -0.2) is 4.79 Å². The first-order chi connectivity index (χ1) is 15.6. The molecule has 0 aliphatic carbocycles. The Bertz CT molecular complexity index is 927. The highest BCUT2D eigenvalue weighted by Gasteiger charge is 2.39. The van der Waals surface area contributed by atoms with E-state index in [9.17, 15) is 14.4 Å². The van der Waals surface area contributed by atoms with Crippen LogP contribution in [0.5, 0.6) is 0 Å². The molecule has 2 heterocycles. The molecule has 168 valence electrons. The molecule has 4 rings (SSSR count). The van der Waals surface area contributed by atoms with E-state index in [1.807, 2.05) is 48.5 Å². The first kappa shape index (κ1) is 22.0. The number of amides is 4. The third-order valence-corrected chi connectivity index (χ3v) is 6.17. The van der Waals surface area contributed by atoms with E-state index in [1.165, 1.54) is 10.5 Å². The first-order valence-electron chi connectivity index (χ1n) is 11.3. The van der Waals surface area contributed by atoms with Crippen LogP contribution in [0.25, 0.3) is 0 Å². The lowest BCUT2D eigenvalue weighted by molar-refractivity contribution is -0.131. The van der Waals surface area contributed by atoms with Crippen LogP contribution in [0.3, 0.4) is 0 Å². The van der Waals surface area contributed by atoms with Crippen LogP contribution in [0.2, 0.25) is 0 Å². The highest BCUT2D eigenvalue weighted by molar-refractivity contribution is 6.05. The molecule has 2 aliphatic heterocycles. The maximum absolute atomic E-state index is 12.6. The van der Waals surface area contributed by atoms with Crippen molar-refractivity contribution in [2.24, 2.45) is 0 Å². The van der Waals surface area contributed by atoms with Crippen LogP contribution < -0.4 is 10.6 Å². The molecule has 7 heteroatoms. The largest absolute Gasteiger partial charge is 0.353 e. The summed E-state index contributed by atoms with van der Waals surface area (Å²) < 4.78 is 0. The van der Waals surface area contributed by atoms with Crippen LogP contribution in [0.1, 0.15) is 30.4 Å². The Morgan fingerprint density at radius 1 is 0.938 bits per heavy atom. The molecular formula is C25H30N4O3. The van der Waals surface area contributed by atoms with Gasteiger partial charge in [-0.05, 0) is 30.4 Å². The van der Waals surface area contributed by atoms with Crippen molar-refractivity contribution in [2.75, 3.05) is 19.6 Å². The average molecular weight is 435 g/mol. The first-order valence-corrected chi connectivity index (χ1v) is 11.3. The minimum atomic E-state index is -0.781. The molecule has 0 radical (unpaired) electrons. The van der Waals surface area contributed by atoms with Gasteiger partial charge in [0.1, 0.15) is 6.04 Å². The minimum absolute atomic E-state index is 0.0172. The molecule has 2 aromatic rings. The SMILES string of the molecule is O=C(C[C@H]1NC(=O)N(CCc2ccccc2)C1=O)NC1CCN(Cc2ccccc2)CC1. The van der Waals surface area contributed by atoms with Gasteiger partial charge in [-0.2, -0.15) is 0 Å². The molecule has 7 nitrogen and oxygen atoms in total. The van der Waals surface area contributed by atoms with Gasteiger partial charge in [0.2, 0.25) is 5.91 Å². The molecule has 2 aliphatic rings. The van der Waals surface area contributed by atoms with Gasteiger partial charge in [-0.1, -0.05) is 60.7 Å². The normalized spacial score (nSPS) is 19.8. The summed E-state index contributed by atoms with van der Waals surface area (Å²) in [6.45, 7) is 3.08. The maximum atomic E-state index is 12.6. The number of imide groups is 1. The van der Waals surface area contributed by atoms with Crippen molar-refractivity contribution in [1.82, 2.24) is 20.4 Å². The van der Waals surface area contributed by atoms with Crippen molar-refractivity contribution in [2.45, 2.75) is 44.3 Å². The standard InChI is InChI=1S/C25H30N4O3/c30-23(26-21-12-14-28(15-13-21)18-20-9-5-2-6-10-20)17-22-24(31)29(25(32)27-22)16-11-19-7-3-1-4-8-19/h1-10,21-22H,11-18H2,(H,26,30)(H,27,32)/t22-/m1/s1. The summed E-state index contributed by atoms with van der Waals surface area (Å²) in [6.07, 6.45) is 2.34. The van der Waals surface area contributed by atoms with Gasteiger partial charge in [-0.15, -0.1) is 0 Å². The number of likely N-dealkylation sites (tertiary alicyclic amines) is 1. The summed E-state index contributed by atoms with van der Waals surface area (Å²) in [5, 5.41) is 5.71. The van der Waals surface area contributed by atoms with Crippen LogP contribution in [0, 0.1) is 0 Å². The van der Waals surface area contributed by atoms with E-state index >= 15 is 0 Å². The highest BCUT2D eigenvalue weighted by atomic mass is 16.2. The Balaban J connectivity index is 1.20. The number of benzene rings is 2. The second-order valence-electron chi connectivity index (χ2n) is 8.54. The van der Waals surface area contributed by atoms with Gasteiger partial charge in [0, 0.05) is 32.2 Å². The third-order valence-electron chi connectivity index (χ3n) is 6.17. The fourth-order valence-electron chi connectivity index (χ4n) is 4.36. The molecule has 32 heavy (non-hydrogen) atoms. The van der Waals surface area contributed by atoms with Crippen molar-refractivity contribution in [3.63, 3.8) is 0 Å². The third kappa shape index (κ3) is 5.73. The molecule has 0 saturated carbocycles. The van der Waals surface area contributed by atoms with Crippen LogP contribution in [-0.4, -0.2) is 59.4 Å². The number of nitrogens with one attached hydrogen (secondary N) is 2. The van der Waals surface area contributed by atoms with E-state index in [2.05, 4.69) is 27.7 Å². The van der Waals surface area contributed by atoms with Gasteiger partial charge < -0.3 is 10.6 Å². The second-order valence-corrected chi connectivity index (χ2v) is 8.54. The topological polar surface area (TPSA) is 81.8 Å². The minimum Gasteiger partial charge on any atom is -0.353 e. The summed E-state index contributed by atoms with van der Waals surface area (Å²) in [4.78, 5) is 41.0. The number of carbonyl (C=O) groups excluding carboxylic acids is 3. The molecule has 1 atom stereocenters. The Kier molecular flexibility index (Phi) is 7.17. The van der Waals surface area contributed by atoms with Crippen LogP contribution >= 0.6 is 0 Å². The Hall–Kier alpha value is -3.19. The van der Waals surface area contributed by atoms with Crippen molar-refractivity contribution >= 4 is 17.8 Å². The fraction of sp³-hybridized carbons (Fsp3) is 0.400. The average Bonchev–Trinajstić information content (AvgIpc) is 3.07. The zero-order valence-electron chi connectivity index (χ0n) is 18.2. The summed E-state index contributed by atoms with van der Waals surface area (Å²) in [5.74, 6) is -0.506. The van der Waals surface area contributed by atoms with Crippen molar-refractivity contribution in [3.05, 3.63) is 71.8 Å². The van der Waals surface area contributed by atoms with E-state index in [0.717, 1.165) is 38.0 Å². The number of hydrogen-bond donors (Lipinski definition) is 2. The van der Waals surface area contributed by atoms with E-state index in [1.54, 1.807) is 0 Å². The van der Waals surface area contributed by atoms with E-state index in [-0.39, 0.29) is 24.3 Å². The number of carbonyl (C=O) groups is 3. The maximum Gasteiger partial charge on any atom is 0.324 e. The smallest absolute Gasteiger partial charge is 0.324 e. The molecule has 0 bridgehead atoms. The molecule has 2 N–H and O–H groups in total. The van der Waals surface area contributed by atoms with E-state index in [0.29, 0.717) is 13.0 Å². The number of piperidine rings is 1. The molecule has 2 fully saturated rings. The lowest BCUT2D eigenvalue weighted by Crippen LogP contribution is -2.46. The van der Waals surface area contributed by atoms with Crippen molar-refractivity contribution < 1.29 is 14.4 Å². The Labute approximate surface area is 188 Å². The molecule has 0 spiro atoms. The monoisotopic (exact) mass is 434 g/mol. The highest BCUT2D eigenvalue weighted by Crippen LogP contribution is 2.15. The summed E-state index contributed by atoms with van der Waals surface area (Å²) in [7, 11) is 0. The molecule has 0 unspecified atom stereocenters. The summed E-state index contributed by atoms with van der Waals surface area (Å²) in [5.41, 5.74) is 2.36.